The number of pyridine rings is 1. The van der Waals surface area contributed by atoms with Crippen LogP contribution in [-0.2, 0) is 0 Å². The van der Waals surface area contributed by atoms with Gasteiger partial charge in [0, 0.05) is 5.57 Å². The van der Waals surface area contributed by atoms with E-state index < -0.39 is 5.95 Å². The highest BCUT2D eigenvalue weighted by Crippen LogP contribution is 2.20. The van der Waals surface area contributed by atoms with Gasteiger partial charge in [0.2, 0.25) is 5.95 Å². The Morgan fingerprint density at radius 3 is 2.50 bits per heavy atom. The second-order valence-corrected chi connectivity index (χ2v) is 3.89. The molecular formula is C15H16FNO. The average Bonchev–Trinajstić information content (AvgIpc) is 2.29. The number of allylic oxidation sites excluding steroid dienone is 5. The van der Waals surface area contributed by atoms with Crippen LogP contribution in [0.2, 0.25) is 0 Å². The number of rotatable bonds is 4. The van der Waals surface area contributed by atoms with Gasteiger partial charge in [0.25, 0.3) is 0 Å². The lowest BCUT2D eigenvalue weighted by Gasteiger charge is -2.06. The topological polar surface area (TPSA) is 30.0 Å². The molecule has 94 valence electrons. The van der Waals surface area contributed by atoms with Gasteiger partial charge in [0.15, 0.2) is 5.78 Å². The number of carbonyl (C=O) groups excluding carboxylic acids is 1. The maximum Gasteiger partial charge on any atom is 0.224 e. The normalized spacial score (nSPS) is 12.4. The molecule has 1 heterocycles. The van der Waals surface area contributed by atoms with Crippen LogP contribution in [0.15, 0.2) is 42.5 Å². The van der Waals surface area contributed by atoms with Crippen molar-refractivity contribution in [3.8, 4) is 0 Å². The van der Waals surface area contributed by atoms with Crippen molar-refractivity contribution in [1.29, 1.82) is 0 Å². The summed E-state index contributed by atoms with van der Waals surface area (Å²) in [5.74, 6) is -1.08. The van der Waals surface area contributed by atoms with E-state index in [0.717, 1.165) is 11.1 Å². The predicted octanol–water partition coefficient (Wildman–Crippen LogP) is 3.96. The van der Waals surface area contributed by atoms with Gasteiger partial charge in [-0.1, -0.05) is 24.8 Å². The number of aromatic nitrogens is 1. The maximum absolute atomic E-state index is 13.6. The van der Waals surface area contributed by atoms with Gasteiger partial charge in [-0.25, -0.2) is 4.98 Å². The van der Waals surface area contributed by atoms with E-state index in [4.69, 9.17) is 0 Å². The Morgan fingerprint density at radius 1 is 1.39 bits per heavy atom. The van der Waals surface area contributed by atoms with Crippen molar-refractivity contribution in [1.82, 2.24) is 4.98 Å². The molecule has 0 spiro atoms. The number of nitrogens with zero attached hydrogens (tertiary/aromatic N) is 1. The lowest BCUT2D eigenvalue weighted by molar-refractivity contribution is 0.101. The molecular weight excluding hydrogens is 229 g/mol. The third-order valence-electron chi connectivity index (χ3n) is 2.55. The molecule has 1 aromatic heterocycles. The van der Waals surface area contributed by atoms with Crippen molar-refractivity contribution < 1.29 is 9.18 Å². The van der Waals surface area contributed by atoms with Crippen molar-refractivity contribution in [3.63, 3.8) is 0 Å². The first-order valence-corrected chi connectivity index (χ1v) is 5.65. The van der Waals surface area contributed by atoms with Gasteiger partial charge in [-0.05, 0) is 38.5 Å². The molecule has 0 saturated carbocycles. The Hall–Kier alpha value is -2.03. The molecule has 0 aliphatic rings. The Morgan fingerprint density at radius 2 is 2.06 bits per heavy atom. The van der Waals surface area contributed by atoms with Crippen LogP contribution in [0.5, 0.6) is 0 Å². The summed E-state index contributed by atoms with van der Waals surface area (Å²) in [5, 5.41) is 0. The smallest absolute Gasteiger partial charge is 0.224 e. The quantitative estimate of drug-likeness (QED) is 0.456. The van der Waals surface area contributed by atoms with Crippen molar-refractivity contribution in [2.24, 2.45) is 0 Å². The zero-order valence-corrected chi connectivity index (χ0v) is 10.8. The molecule has 2 nitrogen and oxygen atoms in total. The molecule has 0 amide bonds. The highest BCUT2D eigenvalue weighted by atomic mass is 19.1. The molecule has 0 aliphatic heterocycles. The summed E-state index contributed by atoms with van der Waals surface area (Å²) < 4.78 is 13.6. The van der Waals surface area contributed by atoms with E-state index in [1.165, 1.54) is 13.0 Å². The summed E-state index contributed by atoms with van der Waals surface area (Å²) >= 11 is 0. The molecule has 0 fully saturated rings. The Balaban J connectivity index is 3.34. The number of ketones is 1. The molecule has 1 rings (SSSR count). The summed E-state index contributed by atoms with van der Waals surface area (Å²) in [5.41, 5.74) is 2.17. The zero-order valence-electron chi connectivity index (χ0n) is 10.8. The van der Waals surface area contributed by atoms with E-state index in [2.05, 4.69) is 11.6 Å². The second-order valence-electron chi connectivity index (χ2n) is 3.89. The summed E-state index contributed by atoms with van der Waals surface area (Å²) in [6, 6.07) is 3.08. The molecule has 0 N–H and O–H groups in total. The lowest BCUT2D eigenvalue weighted by Crippen LogP contribution is -2.02. The number of halogens is 1. The summed E-state index contributed by atoms with van der Waals surface area (Å²) in [6.45, 7) is 8.82. The Bertz CT molecular complexity index is 541. The van der Waals surface area contributed by atoms with Crippen molar-refractivity contribution in [2.75, 3.05) is 0 Å². The third kappa shape index (κ3) is 3.00. The van der Waals surface area contributed by atoms with Crippen LogP contribution in [-0.4, -0.2) is 10.8 Å². The number of Topliss-reactive ketones (excluding diaryl/α,β-unsaturated/α-hetero) is 1. The monoisotopic (exact) mass is 245 g/mol. The largest absolute Gasteiger partial charge is 0.294 e. The predicted molar refractivity (Wildman–Crippen MR) is 71.8 cm³/mol. The minimum absolute atomic E-state index is 0.00542. The first-order chi connectivity index (χ1) is 8.51. The second kappa shape index (κ2) is 6.05. The maximum atomic E-state index is 13.6. The molecule has 0 aliphatic carbocycles. The molecule has 3 heteroatoms. The standard InChI is InChI=1S/C15H16FNO/c1-5-7-10(3)12(6-2)14-9-8-13(11(4)18)15(16)17-14/h5-9H,2H2,1,3-4H3/b7-5-,12-10-. The van der Waals surface area contributed by atoms with Crippen molar-refractivity contribution >= 4 is 11.4 Å². The van der Waals surface area contributed by atoms with Crippen LogP contribution >= 0.6 is 0 Å². The van der Waals surface area contributed by atoms with E-state index >= 15 is 0 Å². The fourth-order valence-corrected chi connectivity index (χ4v) is 1.65. The fraction of sp³-hybridized carbons (Fsp3) is 0.200. The van der Waals surface area contributed by atoms with Gasteiger partial charge in [-0.2, -0.15) is 4.39 Å². The average molecular weight is 245 g/mol. The third-order valence-corrected chi connectivity index (χ3v) is 2.55. The number of hydrogen-bond donors (Lipinski definition) is 0. The van der Waals surface area contributed by atoms with Gasteiger partial charge < -0.3 is 0 Å². The first-order valence-electron chi connectivity index (χ1n) is 5.65. The highest BCUT2D eigenvalue weighted by molar-refractivity contribution is 5.94. The van der Waals surface area contributed by atoms with Crippen LogP contribution in [0.4, 0.5) is 4.39 Å². The van der Waals surface area contributed by atoms with Crippen LogP contribution in [0.25, 0.3) is 5.57 Å². The van der Waals surface area contributed by atoms with Gasteiger partial charge in [0.05, 0.1) is 11.3 Å². The fourth-order valence-electron chi connectivity index (χ4n) is 1.65. The minimum atomic E-state index is -0.743. The summed E-state index contributed by atoms with van der Waals surface area (Å²) in [6.07, 6.45) is 5.42. The van der Waals surface area contributed by atoms with Crippen LogP contribution < -0.4 is 0 Å². The zero-order chi connectivity index (χ0) is 13.7. The van der Waals surface area contributed by atoms with E-state index in [1.54, 1.807) is 12.1 Å². The van der Waals surface area contributed by atoms with Gasteiger partial charge in [-0.15, -0.1) is 0 Å². The van der Waals surface area contributed by atoms with Crippen molar-refractivity contribution in [3.05, 3.63) is 59.7 Å². The SMILES string of the molecule is C=C/C(=C(C)/C=C\C)c1ccc(C(C)=O)c(F)n1. The molecule has 0 aromatic carbocycles. The van der Waals surface area contributed by atoms with Crippen LogP contribution in [0.3, 0.4) is 0 Å². The van der Waals surface area contributed by atoms with Gasteiger partial charge in [0.1, 0.15) is 0 Å². The number of hydrogen-bond acceptors (Lipinski definition) is 2. The van der Waals surface area contributed by atoms with E-state index in [9.17, 15) is 9.18 Å². The molecule has 0 bridgehead atoms. The lowest BCUT2D eigenvalue weighted by atomic mass is 10.0. The Kier molecular flexibility index (Phi) is 4.72. The molecule has 0 unspecified atom stereocenters. The van der Waals surface area contributed by atoms with Crippen LogP contribution in [0.1, 0.15) is 36.8 Å². The molecule has 1 aromatic rings. The molecule has 0 saturated heterocycles. The minimum Gasteiger partial charge on any atom is -0.294 e. The van der Waals surface area contributed by atoms with Crippen LogP contribution in [0, 0.1) is 5.95 Å². The number of carbonyl (C=O) groups is 1. The molecule has 18 heavy (non-hydrogen) atoms. The van der Waals surface area contributed by atoms with Gasteiger partial charge in [-0.3, -0.25) is 4.79 Å². The van der Waals surface area contributed by atoms with E-state index in [1.807, 2.05) is 26.0 Å². The summed E-state index contributed by atoms with van der Waals surface area (Å²) in [7, 11) is 0. The van der Waals surface area contributed by atoms with E-state index in [-0.39, 0.29) is 11.3 Å². The molecule has 0 radical (unpaired) electrons. The summed E-state index contributed by atoms with van der Waals surface area (Å²) in [4.78, 5) is 14.9. The molecule has 0 atom stereocenters. The van der Waals surface area contributed by atoms with Gasteiger partial charge >= 0.3 is 0 Å². The highest BCUT2D eigenvalue weighted by Gasteiger charge is 2.11. The van der Waals surface area contributed by atoms with E-state index in [0.29, 0.717) is 5.69 Å². The van der Waals surface area contributed by atoms with Crippen molar-refractivity contribution in [2.45, 2.75) is 20.8 Å². The Labute approximate surface area is 107 Å². The first kappa shape index (κ1) is 14.0.